The Morgan fingerprint density at radius 3 is 2.92 bits per heavy atom. The van der Waals surface area contributed by atoms with E-state index >= 15 is 0 Å². The van der Waals surface area contributed by atoms with Crippen molar-refractivity contribution in [1.82, 2.24) is 5.32 Å². The highest BCUT2D eigenvalue weighted by Gasteiger charge is 1.97. The lowest BCUT2D eigenvalue weighted by molar-refractivity contribution is 0.254. The normalized spacial score (nSPS) is 9.38. The molecule has 0 radical (unpaired) electrons. The van der Waals surface area contributed by atoms with E-state index in [1.165, 1.54) is 0 Å². The molecule has 0 unspecified atom stereocenters. The predicted octanol–water partition coefficient (Wildman–Crippen LogP) is 0.897. The number of benzene rings is 1. The first-order chi connectivity index (χ1) is 6.26. The van der Waals surface area contributed by atoms with Crippen molar-refractivity contribution >= 4 is 11.7 Å². The Kier molecular flexibility index (Phi) is 3.28. The third kappa shape index (κ3) is 2.76. The Morgan fingerprint density at radius 2 is 2.31 bits per heavy atom. The highest BCUT2D eigenvalue weighted by molar-refractivity contribution is 5.88. The van der Waals surface area contributed by atoms with Crippen LogP contribution >= 0.6 is 0 Å². The summed E-state index contributed by atoms with van der Waals surface area (Å²) in [7, 11) is 1.57. The van der Waals surface area contributed by atoms with Crippen LogP contribution in [0.25, 0.3) is 0 Å². The second-order valence-corrected chi connectivity index (χ2v) is 2.61. The second-order valence-electron chi connectivity index (χ2n) is 2.61. The molecule has 0 heterocycles. The van der Waals surface area contributed by atoms with E-state index in [-0.39, 0.29) is 6.03 Å². The molecule has 0 atom stereocenters. The van der Waals surface area contributed by atoms with Gasteiger partial charge in [-0.1, -0.05) is 12.1 Å². The molecule has 70 valence electrons. The first-order valence-electron chi connectivity index (χ1n) is 4.04. The molecule has 0 saturated carbocycles. The monoisotopic (exact) mass is 179 g/mol. The van der Waals surface area contributed by atoms with Gasteiger partial charge in [-0.05, 0) is 17.7 Å². The minimum absolute atomic E-state index is 0.228. The van der Waals surface area contributed by atoms with Crippen molar-refractivity contribution in [3.05, 3.63) is 29.8 Å². The zero-order chi connectivity index (χ0) is 9.68. The minimum atomic E-state index is -0.228. The molecule has 0 fully saturated rings. The number of rotatable bonds is 2. The summed E-state index contributed by atoms with van der Waals surface area (Å²) in [5.74, 6) is 0. The lowest BCUT2D eigenvalue weighted by atomic mass is 10.2. The van der Waals surface area contributed by atoms with Crippen LogP contribution in [0.3, 0.4) is 0 Å². The van der Waals surface area contributed by atoms with Crippen LogP contribution in [0, 0.1) is 0 Å². The Balaban J connectivity index is 2.71. The fourth-order valence-electron chi connectivity index (χ4n) is 0.970. The second kappa shape index (κ2) is 4.47. The largest absolute Gasteiger partial charge is 0.341 e. The van der Waals surface area contributed by atoms with Gasteiger partial charge in [0.1, 0.15) is 0 Å². The van der Waals surface area contributed by atoms with Crippen molar-refractivity contribution in [2.75, 3.05) is 12.4 Å². The molecule has 1 aromatic carbocycles. The molecular weight excluding hydrogens is 166 g/mol. The van der Waals surface area contributed by atoms with Crippen LogP contribution in [0.1, 0.15) is 5.56 Å². The molecule has 1 rings (SSSR count). The summed E-state index contributed by atoms with van der Waals surface area (Å²) in [6.45, 7) is 0.475. The van der Waals surface area contributed by atoms with Gasteiger partial charge in [-0.2, -0.15) is 0 Å². The third-order valence-corrected chi connectivity index (χ3v) is 1.65. The van der Waals surface area contributed by atoms with Crippen LogP contribution in [0.4, 0.5) is 10.5 Å². The van der Waals surface area contributed by atoms with Gasteiger partial charge in [0.25, 0.3) is 0 Å². The molecule has 4 heteroatoms. The SMILES string of the molecule is CNC(=O)Nc1cccc(CN)c1. The van der Waals surface area contributed by atoms with Crippen molar-refractivity contribution in [3.8, 4) is 0 Å². The van der Waals surface area contributed by atoms with Crippen molar-refractivity contribution < 1.29 is 4.79 Å². The lowest BCUT2D eigenvalue weighted by Gasteiger charge is -2.05. The Bertz CT molecular complexity index is 299. The maximum Gasteiger partial charge on any atom is 0.318 e. The zero-order valence-electron chi connectivity index (χ0n) is 7.50. The highest BCUT2D eigenvalue weighted by Crippen LogP contribution is 2.09. The summed E-state index contributed by atoms with van der Waals surface area (Å²) in [4.78, 5) is 10.9. The summed E-state index contributed by atoms with van der Waals surface area (Å²) in [6, 6.07) is 7.20. The summed E-state index contributed by atoms with van der Waals surface area (Å²) < 4.78 is 0. The molecule has 0 saturated heterocycles. The number of nitrogens with one attached hydrogen (secondary N) is 2. The fraction of sp³-hybridized carbons (Fsp3) is 0.222. The number of hydrogen-bond acceptors (Lipinski definition) is 2. The third-order valence-electron chi connectivity index (χ3n) is 1.65. The molecule has 0 aliphatic heterocycles. The lowest BCUT2D eigenvalue weighted by Crippen LogP contribution is -2.24. The van der Waals surface area contributed by atoms with E-state index in [4.69, 9.17) is 5.73 Å². The van der Waals surface area contributed by atoms with Gasteiger partial charge < -0.3 is 16.4 Å². The van der Waals surface area contributed by atoms with Gasteiger partial charge in [-0.25, -0.2) is 4.79 Å². The molecule has 2 amide bonds. The van der Waals surface area contributed by atoms with Crippen LogP contribution < -0.4 is 16.4 Å². The van der Waals surface area contributed by atoms with E-state index in [1.807, 2.05) is 24.3 Å². The van der Waals surface area contributed by atoms with E-state index in [2.05, 4.69) is 10.6 Å². The van der Waals surface area contributed by atoms with Gasteiger partial charge >= 0.3 is 6.03 Å². The average molecular weight is 179 g/mol. The van der Waals surface area contributed by atoms with Crippen LogP contribution in [-0.2, 0) is 6.54 Å². The number of nitrogens with two attached hydrogens (primary N) is 1. The summed E-state index contributed by atoms with van der Waals surface area (Å²) in [6.07, 6.45) is 0. The minimum Gasteiger partial charge on any atom is -0.341 e. The quantitative estimate of drug-likeness (QED) is 0.631. The standard InChI is InChI=1S/C9H13N3O/c1-11-9(13)12-8-4-2-3-7(5-8)6-10/h2-5H,6,10H2,1H3,(H2,11,12,13). The molecule has 0 aliphatic carbocycles. The topological polar surface area (TPSA) is 67.2 Å². The van der Waals surface area contributed by atoms with Crippen molar-refractivity contribution in [3.63, 3.8) is 0 Å². The summed E-state index contributed by atoms with van der Waals surface area (Å²) in [5, 5.41) is 5.13. The van der Waals surface area contributed by atoms with Gasteiger partial charge in [-0.15, -0.1) is 0 Å². The van der Waals surface area contributed by atoms with Crippen LogP contribution in [0.5, 0.6) is 0 Å². The maximum absolute atomic E-state index is 10.9. The highest BCUT2D eigenvalue weighted by atomic mass is 16.2. The molecule has 1 aromatic rings. The molecule has 4 nitrogen and oxygen atoms in total. The van der Waals surface area contributed by atoms with Crippen LogP contribution in [0.2, 0.25) is 0 Å². The number of anilines is 1. The first-order valence-corrected chi connectivity index (χ1v) is 4.04. The van der Waals surface area contributed by atoms with E-state index < -0.39 is 0 Å². The van der Waals surface area contributed by atoms with Gasteiger partial charge in [0, 0.05) is 19.3 Å². The molecule has 0 aliphatic rings. The van der Waals surface area contributed by atoms with E-state index in [0.717, 1.165) is 11.3 Å². The number of hydrogen-bond donors (Lipinski definition) is 3. The summed E-state index contributed by atoms with van der Waals surface area (Å²) in [5.41, 5.74) is 7.20. The predicted molar refractivity (Wildman–Crippen MR) is 52.4 cm³/mol. The molecule has 0 aromatic heterocycles. The van der Waals surface area contributed by atoms with E-state index in [0.29, 0.717) is 6.54 Å². The molecule has 4 N–H and O–H groups in total. The Morgan fingerprint density at radius 1 is 1.54 bits per heavy atom. The Labute approximate surface area is 77.1 Å². The zero-order valence-corrected chi connectivity index (χ0v) is 7.50. The number of urea groups is 1. The van der Waals surface area contributed by atoms with Gasteiger partial charge in [0.05, 0.1) is 0 Å². The first kappa shape index (κ1) is 9.54. The number of amides is 2. The van der Waals surface area contributed by atoms with E-state index in [1.54, 1.807) is 7.05 Å². The summed E-state index contributed by atoms with van der Waals surface area (Å²) >= 11 is 0. The van der Waals surface area contributed by atoms with E-state index in [9.17, 15) is 4.79 Å². The molecule has 0 bridgehead atoms. The molecule has 13 heavy (non-hydrogen) atoms. The van der Waals surface area contributed by atoms with Crippen molar-refractivity contribution in [1.29, 1.82) is 0 Å². The van der Waals surface area contributed by atoms with Crippen LogP contribution in [0.15, 0.2) is 24.3 Å². The smallest absolute Gasteiger partial charge is 0.318 e. The average Bonchev–Trinajstić information content (AvgIpc) is 2.18. The number of carbonyl (C=O) groups is 1. The van der Waals surface area contributed by atoms with Gasteiger partial charge in [-0.3, -0.25) is 0 Å². The van der Waals surface area contributed by atoms with Gasteiger partial charge in [0.2, 0.25) is 0 Å². The number of carbonyl (C=O) groups excluding carboxylic acids is 1. The van der Waals surface area contributed by atoms with Crippen molar-refractivity contribution in [2.45, 2.75) is 6.54 Å². The maximum atomic E-state index is 10.9. The molecular formula is C9H13N3O. The fourth-order valence-corrected chi connectivity index (χ4v) is 0.970. The van der Waals surface area contributed by atoms with Crippen molar-refractivity contribution in [2.24, 2.45) is 5.73 Å². The molecule has 0 spiro atoms. The Hall–Kier alpha value is -1.55. The van der Waals surface area contributed by atoms with Crippen LogP contribution in [-0.4, -0.2) is 13.1 Å². The van der Waals surface area contributed by atoms with Gasteiger partial charge in [0.15, 0.2) is 0 Å².